The molecule has 108 valence electrons. The van der Waals surface area contributed by atoms with Crippen LogP contribution in [-0.2, 0) is 20.7 Å². The van der Waals surface area contributed by atoms with Gasteiger partial charge in [0.25, 0.3) is 0 Å². The standard InChI is InChI=1S/C14H17NO5/c1-9(13(17)18)15-12(16)8-5-10-3-6-11(7-4-10)14(19)20-2/h3-4,6-7,9H,5,8H2,1-2H3,(H,15,16)(H,17,18)/t9-/m0/s1. The van der Waals surface area contributed by atoms with Gasteiger partial charge in [0.1, 0.15) is 6.04 Å². The van der Waals surface area contributed by atoms with Gasteiger partial charge in [0.2, 0.25) is 5.91 Å². The second-order valence-corrected chi connectivity index (χ2v) is 4.32. The van der Waals surface area contributed by atoms with E-state index in [-0.39, 0.29) is 12.3 Å². The number of ether oxygens (including phenoxy) is 1. The molecule has 1 aromatic rings. The minimum Gasteiger partial charge on any atom is -0.480 e. The number of methoxy groups -OCH3 is 1. The molecule has 0 heterocycles. The highest BCUT2D eigenvalue weighted by Gasteiger charge is 2.13. The monoisotopic (exact) mass is 279 g/mol. The van der Waals surface area contributed by atoms with E-state index < -0.39 is 18.0 Å². The van der Waals surface area contributed by atoms with Crippen molar-refractivity contribution in [1.29, 1.82) is 0 Å². The summed E-state index contributed by atoms with van der Waals surface area (Å²) < 4.78 is 4.58. The number of carboxylic acids is 1. The number of aryl methyl sites for hydroxylation is 1. The van der Waals surface area contributed by atoms with Gasteiger partial charge in [-0.3, -0.25) is 9.59 Å². The molecule has 0 bridgehead atoms. The average Bonchev–Trinajstić information content (AvgIpc) is 2.44. The summed E-state index contributed by atoms with van der Waals surface area (Å²) in [6.45, 7) is 1.41. The lowest BCUT2D eigenvalue weighted by molar-refractivity contribution is -0.141. The van der Waals surface area contributed by atoms with Gasteiger partial charge in [0, 0.05) is 6.42 Å². The maximum atomic E-state index is 11.5. The summed E-state index contributed by atoms with van der Waals surface area (Å²) in [5, 5.41) is 11.0. The van der Waals surface area contributed by atoms with Crippen molar-refractivity contribution in [2.45, 2.75) is 25.8 Å². The van der Waals surface area contributed by atoms with E-state index >= 15 is 0 Å². The molecule has 0 spiro atoms. The van der Waals surface area contributed by atoms with Gasteiger partial charge in [0.15, 0.2) is 0 Å². The van der Waals surface area contributed by atoms with Gasteiger partial charge < -0.3 is 15.2 Å². The lowest BCUT2D eigenvalue weighted by Crippen LogP contribution is -2.38. The second kappa shape index (κ2) is 7.28. The van der Waals surface area contributed by atoms with Crippen LogP contribution in [0.15, 0.2) is 24.3 Å². The summed E-state index contributed by atoms with van der Waals surface area (Å²) in [7, 11) is 1.31. The van der Waals surface area contributed by atoms with Crippen LogP contribution in [0.2, 0.25) is 0 Å². The van der Waals surface area contributed by atoms with Crippen LogP contribution < -0.4 is 5.32 Å². The Balaban J connectivity index is 2.48. The molecule has 20 heavy (non-hydrogen) atoms. The van der Waals surface area contributed by atoms with Crippen LogP contribution in [0.4, 0.5) is 0 Å². The van der Waals surface area contributed by atoms with Crippen molar-refractivity contribution in [3.8, 4) is 0 Å². The highest BCUT2D eigenvalue weighted by Crippen LogP contribution is 2.08. The Kier molecular flexibility index (Phi) is 5.71. The van der Waals surface area contributed by atoms with E-state index in [4.69, 9.17) is 5.11 Å². The van der Waals surface area contributed by atoms with Crippen LogP contribution in [0.1, 0.15) is 29.3 Å². The Morgan fingerprint density at radius 1 is 1.25 bits per heavy atom. The van der Waals surface area contributed by atoms with Crippen molar-refractivity contribution in [2.75, 3.05) is 7.11 Å². The van der Waals surface area contributed by atoms with E-state index in [0.717, 1.165) is 5.56 Å². The first-order valence-corrected chi connectivity index (χ1v) is 6.13. The Morgan fingerprint density at radius 2 is 1.85 bits per heavy atom. The molecule has 6 heteroatoms. The predicted molar refractivity (Wildman–Crippen MR) is 71.3 cm³/mol. The molecule has 2 N–H and O–H groups in total. The summed E-state index contributed by atoms with van der Waals surface area (Å²) in [4.78, 5) is 33.3. The fraction of sp³-hybridized carbons (Fsp3) is 0.357. The summed E-state index contributed by atoms with van der Waals surface area (Å²) >= 11 is 0. The normalized spacial score (nSPS) is 11.5. The third-order valence-electron chi connectivity index (χ3n) is 2.76. The Labute approximate surface area is 116 Å². The highest BCUT2D eigenvalue weighted by molar-refractivity contribution is 5.89. The lowest BCUT2D eigenvalue weighted by atomic mass is 10.1. The van der Waals surface area contributed by atoms with Crippen LogP contribution >= 0.6 is 0 Å². The number of carboxylic acid groups (broad SMARTS) is 1. The van der Waals surface area contributed by atoms with Crippen LogP contribution in [-0.4, -0.2) is 36.1 Å². The topological polar surface area (TPSA) is 92.7 Å². The molecule has 0 radical (unpaired) electrons. The number of hydrogen-bond acceptors (Lipinski definition) is 4. The highest BCUT2D eigenvalue weighted by atomic mass is 16.5. The Hall–Kier alpha value is -2.37. The Bertz CT molecular complexity index is 495. The smallest absolute Gasteiger partial charge is 0.337 e. The molecular weight excluding hydrogens is 262 g/mol. The maximum absolute atomic E-state index is 11.5. The van der Waals surface area contributed by atoms with Crippen LogP contribution in [0.3, 0.4) is 0 Å². The minimum absolute atomic E-state index is 0.190. The third kappa shape index (κ3) is 4.72. The molecule has 1 rings (SSSR count). The molecule has 0 aliphatic carbocycles. The molecule has 0 aliphatic rings. The molecule has 0 aromatic heterocycles. The zero-order chi connectivity index (χ0) is 15.1. The fourth-order valence-electron chi connectivity index (χ4n) is 1.56. The van der Waals surface area contributed by atoms with Gasteiger partial charge in [-0.2, -0.15) is 0 Å². The maximum Gasteiger partial charge on any atom is 0.337 e. The number of amides is 1. The molecule has 1 atom stereocenters. The second-order valence-electron chi connectivity index (χ2n) is 4.32. The Morgan fingerprint density at radius 3 is 2.35 bits per heavy atom. The van der Waals surface area contributed by atoms with E-state index in [9.17, 15) is 14.4 Å². The van der Waals surface area contributed by atoms with Crippen molar-refractivity contribution in [3.63, 3.8) is 0 Å². The van der Waals surface area contributed by atoms with E-state index in [1.54, 1.807) is 24.3 Å². The first-order chi connectivity index (χ1) is 9.43. The van der Waals surface area contributed by atoms with E-state index in [0.29, 0.717) is 12.0 Å². The largest absolute Gasteiger partial charge is 0.480 e. The SMILES string of the molecule is COC(=O)c1ccc(CCC(=O)N[C@@H](C)C(=O)O)cc1. The van der Waals surface area contributed by atoms with Crippen molar-refractivity contribution < 1.29 is 24.2 Å². The summed E-state index contributed by atoms with van der Waals surface area (Å²) in [6.07, 6.45) is 0.662. The molecule has 0 saturated carbocycles. The zero-order valence-corrected chi connectivity index (χ0v) is 11.4. The first kappa shape index (κ1) is 15.7. The number of aliphatic carboxylic acids is 1. The molecule has 0 saturated heterocycles. The van der Waals surface area contributed by atoms with Crippen LogP contribution in [0, 0.1) is 0 Å². The fourth-order valence-corrected chi connectivity index (χ4v) is 1.56. The molecular formula is C14H17NO5. The van der Waals surface area contributed by atoms with E-state index in [2.05, 4.69) is 10.1 Å². The van der Waals surface area contributed by atoms with Gasteiger partial charge >= 0.3 is 11.9 Å². The minimum atomic E-state index is -1.07. The lowest BCUT2D eigenvalue weighted by Gasteiger charge is -2.09. The third-order valence-corrected chi connectivity index (χ3v) is 2.76. The van der Waals surface area contributed by atoms with Crippen molar-refractivity contribution in [3.05, 3.63) is 35.4 Å². The summed E-state index contributed by atoms with van der Waals surface area (Å²) in [5.74, 6) is -1.80. The summed E-state index contributed by atoms with van der Waals surface area (Å²) in [5.41, 5.74) is 1.33. The molecule has 6 nitrogen and oxygen atoms in total. The number of benzene rings is 1. The van der Waals surface area contributed by atoms with Crippen LogP contribution in [0.5, 0.6) is 0 Å². The number of hydrogen-bond donors (Lipinski definition) is 2. The molecule has 0 unspecified atom stereocenters. The summed E-state index contributed by atoms with van der Waals surface area (Å²) in [6, 6.07) is 5.82. The number of rotatable bonds is 6. The van der Waals surface area contributed by atoms with E-state index in [1.807, 2.05) is 0 Å². The number of esters is 1. The number of carbonyl (C=O) groups excluding carboxylic acids is 2. The van der Waals surface area contributed by atoms with Crippen molar-refractivity contribution in [1.82, 2.24) is 5.32 Å². The average molecular weight is 279 g/mol. The number of carbonyl (C=O) groups is 3. The van der Waals surface area contributed by atoms with Crippen molar-refractivity contribution >= 4 is 17.8 Å². The van der Waals surface area contributed by atoms with Crippen molar-refractivity contribution in [2.24, 2.45) is 0 Å². The number of nitrogens with one attached hydrogen (secondary N) is 1. The first-order valence-electron chi connectivity index (χ1n) is 6.13. The van der Waals surface area contributed by atoms with Gasteiger partial charge in [-0.15, -0.1) is 0 Å². The van der Waals surface area contributed by atoms with Crippen LogP contribution in [0.25, 0.3) is 0 Å². The molecule has 1 aromatic carbocycles. The quantitative estimate of drug-likeness (QED) is 0.758. The van der Waals surface area contributed by atoms with Gasteiger partial charge in [-0.05, 0) is 31.0 Å². The van der Waals surface area contributed by atoms with Gasteiger partial charge in [0.05, 0.1) is 12.7 Å². The predicted octanol–water partition coefficient (Wildman–Crippen LogP) is 0.995. The van der Waals surface area contributed by atoms with Gasteiger partial charge in [-0.25, -0.2) is 4.79 Å². The zero-order valence-electron chi connectivity index (χ0n) is 11.4. The molecule has 1 amide bonds. The molecule has 0 aliphatic heterocycles. The van der Waals surface area contributed by atoms with Gasteiger partial charge in [-0.1, -0.05) is 12.1 Å². The molecule has 0 fully saturated rings. The van der Waals surface area contributed by atoms with E-state index in [1.165, 1.54) is 14.0 Å².